The summed E-state index contributed by atoms with van der Waals surface area (Å²) < 4.78 is 35.1. The predicted molar refractivity (Wildman–Crippen MR) is 104 cm³/mol. The molecule has 0 unspecified atom stereocenters. The third-order valence-electron chi connectivity index (χ3n) is 3.83. The van der Waals surface area contributed by atoms with Crippen molar-refractivity contribution >= 4 is 37.8 Å². The first-order valence-corrected chi connectivity index (χ1v) is 10.3. The number of ether oxygens (including phenoxy) is 1. The molecule has 0 aliphatic carbocycles. The van der Waals surface area contributed by atoms with E-state index in [1.807, 2.05) is 6.92 Å². The average molecular weight is 390 g/mol. The molecule has 2 N–H and O–H groups in total. The monoisotopic (exact) mass is 390 g/mol. The molecular formula is C18H19FN4O3S. The molecule has 0 radical (unpaired) electrons. The summed E-state index contributed by atoms with van der Waals surface area (Å²) >= 11 is 0. The highest BCUT2D eigenvalue weighted by atomic mass is 32.2. The van der Waals surface area contributed by atoms with Crippen molar-refractivity contribution in [3.63, 3.8) is 0 Å². The molecule has 9 heteroatoms. The highest BCUT2D eigenvalue weighted by molar-refractivity contribution is 7.92. The molecule has 0 saturated carbocycles. The SMILES string of the molecule is COc1c(N=S(C)(C)=O)cc2ncnc(Nc3ccc(F)cc3O)c2c1C. The van der Waals surface area contributed by atoms with Crippen molar-refractivity contribution in [2.75, 3.05) is 24.9 Å². The summed E-state index contributed by atoms with van der Waals surface area (Å²) in [5, 5.41) is 13.6. The summed E-state index contributed by atoms with van der Waals surface area (Å²) in [7, 11) is -0.893. The van der Waals surface area contributed by atoms with Crippen LogP contribution in [0.15, 0.2) is 35.0 Å². The van der Waals surface area contributed by atoms with Crippen molar-refractivity contribution < 1.29 is 18.4 Å². The molecule has 7 nitrogen and oxygen atoms in total. The average Bonchev–Trinajstić information content (AvgIpc) is 2.56. The van der Waals surface area contributed by atoms with Crippen LogP contribution in [-0.4, -0.2) is 38.9 Å². The topological polar surface area (TPSA) is 96.7 Å². The second-order valence-corrected chi connectivity index (χ2v) is 8.77. The minimum Gasteiger partial charge on any atom is -0.506 e. The molecule has 0 spiro atoms. The Bertz CT molecular complexity index is 1150. The summed E-state index contributed by atoms with van der Waals surface area (Å²) in [6.07, 6.45) is 4.43. The maximum atomic E-state index is 13.2. The fraction of sp³-hybridized carbons (Fsp3) is 0.222. The fourth-order valence-corrected chi connectivity index (χ4v) is 3.38. The number of nitrogens with one attached hydrogen (secondary N) is 1. The number of halogens is 1. The standard InChI is InChI=1S/C18H19FN4O3S/c1-10-16-13(8-14(17(10)26-2)23-27(3,4)25)20-9-21-18(16)22-12-6-5-11(19)7-15(12)24/h5-9,24H,1-4H3,(H,20,21,22). The first kappa shape index (κ1) is 18.8. The van der Waals surface area contributed by atoms with Gasteiger partial charge in [0.05, 0.1) is 18.3 Å². The normalized spacial score (nSPS) is 11.4. The van der Waals surface area contributed by atoms with Gasteiger partial charge in [-0.05, 0) is 25.1 Å². The lowest BCUT2D eigenvalue weighted by atomic mass is 10.1. The molecule has 0 aliphatic rings. The number of nitrogens with zero attached hydrogens (tertiary/aromatic N) is 3. The smallest absolute Gasteiger partial charge is 0.149 e. The lowest BCUT2D eigenvalue weighted by Crippen LogP contribution is -2.00. The Kier molecular flexibility index (Phi) is 4.88. The van der Waals surface area contributed by atoms with Gasteiger partial charge in [0.25, 0.3) is 0 Å². The number of aromatic hydroxyl groups is 1. The molecule has 0 saturated heterocycles. The third-order valence-corrected chi connectivity index (χ3v) is 4.47. The summed E-state index contributed by atoms with van der Waals surface area (Å²) in [6.45, 7) is 1.81. The largest absolute Gasteiger partial charge is 0.506 e. The van der Waals surface area contributed by atoms with Gasteiger partial charge >= 0.3 is 0 Å². The maximum absolute atomic E-state index is 13.2. The quantitative estimate of drug-likeness (QED) is 0.656. The van der Waals surface area contributed by atoms with Crippen LogP contribution in [0.2, 0.25) is 0 Å². The van der Waals surface area contributed by atoms with Crippen molar-refractivity contribution in [1.82, 2.24) is 9.97 Å². The van der Waals surface area contributed by atoms with Gasteiger partial charge in [0.2, 0.25) is 0 Å². The third kappa shape index (κ3) is 3.92. The van der Waals surface area contributed by atoms with E-state index in [4.69, 9.17) is 4.74 Å². The Morgan fingerprint density at radius 1 is 1.26 bits per heavy atom. The van der Waals surface area contributed by atoms with Gasteiger partial charge in [-0.25, -0.2) is 18.6 Å². The number of phenolic OH excluding ortho intramolecular Hbond substituents is 1. The first-order valence-electron chi connectivity index (χ1n) is 7.94. The Hall–Kier alpha value is -2.94. The summed E-state index contributed by atoms with van der Waals surface area (Å²) in [4.78, 5) is 8.50. The van der Waals surface area contributed by atoms with Crippen molar-refractivity contribution in [3.05, 3.63) is 42.0 Å². The van der Waals surface area contributed by atoms with Gasteiger partial charge < -0.3 is 15.2 Å². The Morgan fingerprint density at radius 3 is 2.63 bits per heavy atom. The number of aromatic nitrogens is 2. The molecular weight excluding hydrogens is 371 g/mol. The summed E-state index contributed by atoms with van der Waals surface area (Å²) in [5.74, 6) is 0.0882. The van der Waals surface area contributed by atoms with E-state index in [1.54, 1.807) is 6.07 Å². The van der Waals surface area contributed by atoms with Crippen LogP contribution in [0, 0.1) is 12.7 Å². The first-order chi connectivity index (χ1) is 12.7. The summed E-state index contributed by atoms with van der Waals surface area (Å²) in [6, 6.07) is 5.33. The molecule has 27 heavy (non-hydrogen) atoms. The van der Waals surface area contributed by atoms with Crippen LogP contribution in [0.3, 0.4) is 0 Å². The molecule has 2 aromatic carbocycles. The minimum atomic E-state index is -2.40. The van der Waals surface area contributed by atoms with Crippen molar-refractivity contribution in [2.24, 2.45) is 4.36 Å². The molecule has 0 amide bonds. The second kappa shape index (κ2) is 6.99. The van der Waals surface area contributed by atoms with E-state index >= 15 is 0 Å². The van der Waals surface area contributed by atoms with Gasteiger partial charge in [-0.15, -0.1) is 0 Å². The van der Waals surface area contributed by atoms with E-state index in [2.05, 4.69) is 19.6 Å². The van der Waals surface area contributed by atoms with Crippen LogP contribution in [0.25, 0.3) is 10.9 Å². The van der Waals surface area contributed by atoms with Gasteiger partial charge in [-0.2, -0.15) is 4.36 Å². The van der Waals surface area contributed by atoms with Gasteiger partial charge in [0.15, 0.2) is 0 Å². The molecule has 142 valence electrons. The molecule has 1 heterocycles. The van der Waals surface area contributed by atoms with Crippen LogP contribution >= 0.6 is 0 Å². The number of aryl methyl sites for hydroxylation is 1. The Labute approximate surface area is 156 Å². The second-order valence-electron chi connectivity index (χ2n) is 6.23. The van der Waals surface area contributed by atoms with Gasteiger partial charge in [0.1, 0.15) is 35.1 Å². The summed E-state index contributed by atoms with van der Waals surface area (Å²) in [5.41, 5.74) is 2.00. The molecule has 0 aliphatic heterocycles. The molecule has 0 atom stereocenters. The minimum absolute atomic E-state index is 0.241. The zero-order chi connectivity index (χ0) is 19.8. The number of hydrogen-bond acceptors (Lipinski definition) is 7. The van der Waals surface area contributed by atoms with E-state index in [0.717, 1.165) is 6.07 Å². The zero-order valence-corrected chi connectivity index (χ0v) is 16.1. The van der Waals surface area contributed by atoms with Gasteiger partial charge in [-0.3, -0.25) is 0 Å². The fourth-order valence-electron chi connectivity index (χ4n) is 2.77. The molecule has 1 aromatic heterocycles. The molecule has 0 fully saturated rings. The van der Waals surface area contributed by atoms with E-state index in [1.165, 1.54) is 38.1 Å². The Morgan fingerprint density at radius 2 is 2.00 bits per heavy atom. The van der Waals surface area contributed by atoms with Crippen LogP contribution in [-0.2, 0) is 9.73 Å². The molecule has 3 rings (SSSR count). The number of rotatable bonds is 4. The van der Waals surface area contributed by atoms with E-state index in [0.29, 0.717) is 39.4 Å². The molecule has 0 bridgehead atoms. The van der Waals surface area contributed by atoms with Crippen LogP contribution in [0.5, 0.6) is 11.5 Å². The van der Waals surface area contributed by atoms with Crippen LogP contribution < -0.4 is 10.1 Å². The van der Waals surface area contributed by atoms with E-state index < -0.39 is 15.5 Å². The highest BCUT2D eigenvalue weighted by Crippen LogP contribution is 2.40. The lowest BCUT2D eigenvalue weighted by molar-refractivity contribution is 0.414. The van der Waals surface area contributed by atoms with Crippen LogP contribution in [0.1, 0.15) is 5.56 Å². The number of phenols is 1. The Balaban J connectivity index is 2.23. The zero-order valence-electron chi connectivity index (χ0n) is 15.3. The number of anilines is 2. The van der Waals surface area contributed by atoms with E-state index in [-0.39, 0.29) is 5.75 Å². The maximum Gasteiger partial charge on any atom is 0.149 e. The van der Waals surface area contributed by atoms with Crippen molar-refractivity contribution in [2.45, 2.75) is 6.92 Å². The molecule has 3 aromatic rings. The number of benzene rings is 2. The number of hydrogen-bond donors (Lipinski definition) is 2. The number of methoxy groups -OCH3 is 1. The van der Waals surface area contributed by atoms with E-state index in [9.17, 15) is 13.7 Å². The van der Waals surface area contributed by atoms with Crippen molar-refractivity contribution in [3.8, 4) is 11.5 Å². The van der Waals surface area contributed by atoms with Crippen LogP contribution in [0.4, 0.5) is 21.6 Å². The predicted octanol–water partition coefficient (Wildman–Crippen LogP) is 3.89. The van der Waals surface area contributed by atoms with Crippen molar-refractivity contribution in [1.29, 1.82) is 0 Å². The number of fused-ring (bicyclic) bond motifs is 1. The van der Waals surface area contributed by atoms with Gasteiger partial charge in [-0.1, -0.05) is 0 Å². The highest BCUT2D eigenvalue weighted by Gasteiger charge is 2.17. The lowest BCUT2D eigenvalue weighted by Gasteiger charge is -2.15. The van der Waals surface area contributed by atoms with Gasteiger partial charge in [0, 0.05) is 39.3 Å².